The van der Waals surface area contributed by atoms with Gasteiger partial charge in [-0.1, -0.05) is 20.3 Å². The van der Waals surface area contributed by atoms with Gasteiger partial charge in [-0.3, -0.25) is 4.79 Å². The molecule has 94 valence electrons. The van der Waals surface area contributed by atoms with E-state index in [0.717, 1.165) is 0 Å². The Hall–Kier alpha value is -1.49. The third-order valence-corrected chi connectivity index (χ3v) is 2.77. The first-order chi connectivity index (χ1) is 7.95. The summed E-state index contributed by atoms with van der Waals surface area (Å²) in [7, 11) is 0. The molecular formula is C11H14ClNO4. The van der Waals surface area contributed by atoms with E-state index in [1.807, 2.05) is 6.92 Å². The van der Waals surface area contributed by atoms with Gasteiger partial charge < -0.3 is 14.8 Å². The average Bonchev–Trinajstić information content (AvgIpc) is 2.71. The lowest BCUT2D eigenvalue weighted by Crippen LogP contribution is -2.44. The average molecular weight is 260 g/mol. The predicted octanol–water partition coefficient (Wildman–Crippen LogP) is 2.16. The normalized spacial score (nSPS) is 14.1. The minimum absolute atomic E-state index is 0.00422. The number of hydrogen-bond acceptors (Lipinski definition) is 3. The van der Waals surface area contributed by atoms with E-state index >= 15 is 0 Å². The molecule has 17 heavy (non-hydrogen) atoms. The van der Waals surface area contributed by atoms with Gasteiger partial charge in [0.1, 0.15) is 6.04 Å². The van der Waals surface area contributed by atoms with Gasteiger partial charge in [0.2, 0.25) is 0 Å². The molecule has 0 aliphatic heterocycles. The molecule has 0 aromatic carbocycles. The maximum absolute atomic E-state index is 11.7. The SMILES string of the molecule is CCC(C)C(NC(=O)c1ccc(Cl)o1)C(=O)O. The summed E-state index contributed by atoms with van der Waals surface area (Å²) in [5.74, 6) is -1.80. The number of halogens is 1. The number of carbonyl (C=O) groups is 2. The van der Waals surface area contributed by atoms with Gasteiger partial charge in [-0.05, 0) is 29.7 Å². The lowest BCUT2D eigenvalue weighted by Gasteiger charge is -2.19. The maximum atomic E-state index is 11.7. The summed E-state index contributed by atoms with van der Waals surface area (Å²) in [5.41, 5.74) is 0. The van der Waals surface area contributed by atoms with E-state index in [0.29, 0.717) is 6.42 Å². The zero-order valence-corrected chi connectivity index (χ0v) is 10.3. The fourth-order valence-corrected chi connectivity index (χ4v) is 1.48. The van der Waals surface area contributed by atoms with Crippen molar-refractivity contribution < 1.29 is 19.1 Å². The molecule has 6 heteroatoms. The molecule has 0 fully saturated rings. The maximum Gasteiger partial charge on any atom is 0.326 e. The molecule has 1 aromatic rings. The van der Waals surface area contributed by atoms with Crippen LogP contribution in [0.5, 0.6) is 0 Å². The molecule has 2 unspecified atom stereocenters. The Balaban J connectivity index is 2.74. The van der Waals surface area contributed by atoms with E-state index in [2.05, 4.69) is 5.32 Å². The summed E-state index contributed by atoms with van der Waals surface area (Å²) in [6, 6.07) is 1.89. The van der Waals surface area contributed by atoms with Crippen molar-refractivity contribution in [3.8, 4) is 0 Å². The fourth-order valence-electron chi connectivity index (χ4n) is 1.33. The Morgan fingerprint density at radius 2 is 2.18 bits per heavy atom. The van der Waals surface area contributed by atoms with Crippen molar-refractivity contribution in [2.24, 2.45) is 5.92 Å². The smallest absolute Gasteiger partial charge is 0.326 e. The Morgan fingerprint density at radius 1 is 1.53 bits per heavy atom. The monoisotopic (exact) mass is 259 g/mol. The number of carbonyl (C=O) groups excluding carboxylic acids is 1. The molecule has 2 N–H and O–H groups in total. The van der Waals surface area contributed by atoms with Crippen LogP contribution in [0.3, 0.4) is 0 Å². The van der Waals surface area contributed by atoms with E-state index in [1.165, 1.54) is 12.1 Å². The quantitative estimate of drug-likeness (QED) is 0.849. The molecule has 2 atom stereocenters. The summed E-state index contributed by atoms with van der Waals surface area (Å²) in [6.07, 6.45) is 0.649. The number of amides is 1. The van der Waals surface area contributed by atoms with Crippen molar-refractivity contribution in [2.75, 3.05) is 0 Å². The van der Waals surface area contributed by atoms with E-state index in [9.17, 15) is 9.59 Å². The number of aliphatic carboxylic acids is 1. The first kappa shape index (κ1) is 13.6. The first-order valence-corrected chi connectivity index (χ1v) is 5.62. The van der Waals surface area contributed by atoms with Crippen molar-refractivity contribution in [3.05, 3.63) is 23.1 Å². The Labute approximate surface area is 104 Å². The lowest BCUT2D eigenvalue weighted by atomic mass is 9.99. The van der Waals surface area contributed by atoms with Crippen LogP contribution in [0.4, 0.5) is 0 Å². The van der Waals surface area contributed by atoms with Crippen LogP contribution >= 0.6 is 11.6 Å². The second kappa shape index (κ2) is 5.72. The molecule has 1 amide bonds. The van der Waals surface area contributed by atoms with Gasteiger partial charge in [-0.15, -0.1) is 0 Å². The van der Waals surface area contributed by atoms with E-state index < -0.39 is 17.9 Å². The molecule has 1 heterocycles. The van der Waals surface area contributed by atoms with Crippen LogP contribution in [0.15, 0.2) is 16.5 Å². The van der Waals surface area contributed by atoms with Crippen molar-refractivity contribution in [1.29, 1.82) is 0 Å². The summed E-state index contributed by atoms with van der Waals surface area (Å²) in [6.45, 7) is 3.62. The molecule has 0 aliphatic carbocycles. The summed E-state index contributed by atoms with van der Waals surface area (Å²) in [4.78, 5) is 22.7. The number of nitrogens with one attached hydrogen (secondary N) is 1. The highest BCUT2D eigenvalue weighted by molar-refractivity contribution is 6.29. The van der Waals surface area contributed by atoms with Crippen LogP contribution in [-0.4, -0.2) is 23.0 Å². The Kier molecular flexibility index (Phi) is 4.57. The van der Waals surface area contributed by atoms with Crippen LogP contribution in [0.2, 0.25) is 5.22 Å². The highest BCUT2D eigenvalue weighted by atomic mass is 35.5. The molecule has 0 saturated heterocycles. The molecule has 0 radical (unpaired) electrons. The number of hydrogen-bond donors (Lipinski definition) is 2. The highest BCUT2D eigenvalue weighted by Gasteiger charge is 2.26. The van der Waals surface area contributed by atoms with Gasteiger partial charge in [-0.2, -0.15) is 0 Å². The molecule has 5 nitrogen and oxygen atoms in total. The highest BCUT2D eigenvalue weighted by Crippen LogP contribution is 2.14. The van der Waals surface area contributed by atoms with Gasteiger partial charge in [0.15, 0.2) is 11.0 Å². The topological polar surface area (TPSA) is 79.5 Å². The van der Waals surface area contributed by atoms with E-state index in [-0.39, 0.29) is 16.9 Å². The zero-order chi connectivity index (χ0) is 13.0. The van der Waals surface area contributed by atoms with Crippen LogP contribution in [-0.2, 0) is 4.79 Å². The predicted molar refractivity (Wildman–Crippen MR) is 62.1 cm³/mol. The second-order valence-electron chi connectivity index (χ2n) is 3.78. The van der Waals surface area contributed by atoms with Gasteiger partial charge in [-0.25, -0.2) is 4.79 Å². The number of furan rings is 1. The van der Waals surface area contributed by atoms with Crippen molar-refractivity contribution in [2.45, 2.75) is 26.3 Å². The molecule has 1 aromatic heterocycles. The zero-order valence-electron chi connectivity index (χ0n) is 9.57. The van der Waals surface area contributed by atoms with Crippen LogP contribution in [0.25, 0.3) is 0 Å². The standard InChI is InChI=1S/C11H14ClNO4/c1-3-6(2)9(11(15)16)13-10(14)7-4-5-8(12)17-7/h4-6,9H,3H2,1-2H3,(H,13,14)(H,15,16). The van der Waals surface area contributed by atoms with Crippen LogP contribution in [0, 0.1) is 5.92 Å². The minimum atomic E-state index is -1.06. The van der Waals surface area contributed by atoms with Gasteiger partial charge in [0.25, 0.3) is 5.91 Å². The van der Waals surface area contributed by atoms with Gasteiger partial charge in [0.05, 0.1) is 0 Å². The Bertz CT molecular complexity index is 415. The third kappa shape index (κ3) is 3.49. The molecule has 0 bridgehead atoms. The van der Waals surface area contributed by atoms with Crippen molar-refractivity contribution >= 4 is 23.5 Å². The van der Waals surface area contributed by atoms with E-state index in [1.54, 1.807) is 6.92 Å². The number of carboxylic acid groups (broad SMARTS) is 1. The molecule has 0 spiro atoms. The summed E-state index contributed by atoms with van der Waals surface area (Å²) >= 11 is 5.53. The van der Waals surface area contributed by atoms with Gasteiger partial charge in [0, 0.05) is 0 Å². The molecule has 0 saturated carbocycles. The van der Waals surface area contributed by atoms with Crippen molar-refractivity contribution in [3.63, 3.8) is 0 Å². The Morgan fingerprint density at radius 3 is 2.59 bits per heavy atom. The lowest BCUT2D eigenvalue weighted by molar-refractivity contribution is -0.140. The van der Waals surface area contributed by atoms with Crippen molar-refractivity contribution in [1.82, 2.24) is 5.32 Å². The second-order valence-corrected chi connectivity index (χ2v) is 4.15. The number of rotatable bonds is 5. The third-order valence-electron chi connectivity index (χ3n) is 2.56. The van der Waals surface area contributed by atoms with Gasteiger partial charge >= 0.3 is 5.97 Å². The summed E-state index contributed by atoms with van der Waals surface area (Å²) < 4.78 is 4.90. The van der Waals surface area contributed by atoms with Crippen LogP contribution in [0.1, 0.15) is 30.8 Å². The molecular weight excluding hydrogens is 246 g/mol. The largest absolute Gasteiger partial charge is 0.480 e. The fraction of sp³-hybridized carbons (Fsp3) is 0.455. The van der Waals surface area contributed by atoms with E-state index in [4.69, 9.17) is 21.1 Å². The molecule has 1 rings (SSSR count). The number of carboxylic acids is 1. The first-order valence-electron chi connectivity index (χ1n) is 5.24. The minimum Gasteiger partial charge on any atom is -0.480 e. The van der Waals surface area contributed by atoms with Crippen LogP contribution < -0.4 is 5.32 Å². The molecule has 0 aliphatic rings. The summed E-state index contributed by atoms with van der Waals surface area (Å²) in [5, 5.41) is 11.5.